The van der Waals surface area contributed by atoms with E-state index in [2.05, 4.69) is 19.2 Å². The van der Waals surface area contributed by atoms with Gasteiger partial charge in [0.25, 0.3) is 5.91 Å². The van der Waals surface area contributed by atoms with Crippen molar-refractivity contribution in [3.05, 3.63) is 65.7 Å². The fraction of sp³-hybridized carbons (Fsp3) is 0.350. The molecule has 1 atom stereocenters. The number of nitrogens with one attached hydrogen (secondary N) is 1. The average Bonchev–Trinajstić information content (AvgIpc) is 2.54. The van der Waals surface area contributed by atoms with Gasteiger partial charge in [-0.1, -0.05) is 61.9 Å². The fourth-order valence-electron chi connectivity index (χ4n) is 2.45. The van der Waals surface area contributed by atoms with Crippen LogP contribution in [-0.2, 0) is 4.79 Å². The number of aryl methyl sites for hydroxylation is 1. The third kappa shape index (κ3) is 5.78. The van der Waals surface area contributed by atoms with Gasteiger partial charge in [-0.05, 0) is 37.0 Å². The molecule has 0 spiro atoms. The van der Waals surface area contributed by atoms with Gasteiger partial charge >= 0.3 is 0 Å². The molecule has 2 aromatic rings. The first-order valence-corrected chi connectivity index (χ1v) is 8.08. The molecule has 3 nitrogen and oxygen atoms in total. The summed E-state index contributed by atoms with van der Waals surface area (Å²) >= 11 is 0. The Hall–Kier alpha value is -2.29. The van der Waals surface area contributed by atoms with E-state index in [1.165, 1.54) is 5.56 Å². The van der Waals surface area contributed by atoms with Crippen molar-refractivity contribution in [2.75, 3.05) is 6.61 Å². The van der Waals surface area contributed by atoms with Crippen LogP contribution in [0.4, 0.5) is 0 Å². The third-order valence-corrected chi connectivity index (χ3v) is 3.64. The van der Waals surface area contributed by atoms with Gasteiger partial charge in [0.05, 0.1) is 6.04 Å². The van der Waals surface area contributed by atoms with Gasteiger partial charge in [-0.2, -0.15) is 0 Å². The first kappa shape index (κ1) is 17.1. The Morgan fingerprint density at radius 1 is 1.04 bits per heavy atom. The van der Waals surface area contributed by atoms with Crippen molar-refractivity contribution in [3.8, 4) is 5.75 Å². The van der Waals surface area contributed by atoms with Crippen LogP contribution in [0.15, 0.2) is 54.6 Å². The topological polar surface area (TPSA) is 38.3 Å². The number of hydrogen-bond donors (Lipinski definition) is 1. The standard InChI is InChI=1S/C20H25NO2/c1-15(2)13-19(17-7-5-4-6-8-17)21-20(22)14-23-18-11-9-16(3)10-12-18/h4-12,15,19H,13-14H2,1-3H3,(H,21,22). The zero-order valence-corrected chi connectivity index (χ0v) is 14.1. The molecule has 1 amide bonds. The maximum absolute atomic E-state index is 12.2. The number of amides is 1. The SMILES string of the molecule is Cc1ccc(OCC(=O)NC(CC(C)C)c2ccccc2)cc1. The minimum absolute atomic E-state index is 0.0188. The summed E-state index contributed by atoms with van der Waals surface area (Å²) in [4.78, 5) is 12.2. The van der Waals surface area contributed by atoms with Gasteiger partial charge in [0.1, 0.15) is 5.75 Å². The molecular weight excluding hydrogens is 286 g/mol. The van der Waals surface area contributed by atoms with E-state index in [0.717, 1.165) is 12.0 Å². The van der Waals surface area contributed by atoms with Crippen LogP contribution in [0.25, 0.3) is 0 Å². The van der Waals surface area contributed by atoms with Crippen LogP contribution in [0.2, 0.25) is 0 Å². The first-order valence-electron chi connectivity index (χ1n) is 8.08. The molecule has 23 heavy (non-hydrogen) atoms. The summed E-state index contributed by atoms with van der Waals surface area (Å²) in [5.41, 5.74) is 2.30. The Balaban J connectivity index is 1.93. The first-order chi connectivity index (χ1) is 11.0. The van der Waals surface area contributed by atoms with Crippen molar-refractivity contribution in [3.63, 3.8) is 0 Å². The third-order valence-electron chi connectivity index (χ3n) is 3.64. The van der Waals surface area contributed by atoms with E-state index in [9.17, 15) is 4.79 Å². The normalized spacial score (nSPS) is 12.0. The van der Waals surface area contributed by atoms with Crippen molar-refractivity contribution in [2.24, 2.45) is 5.92 Å². The van der Waals surface area contributed by atoms with E-state index in [0.29, 0.717) is 11.7 Å². The van der Waals surface area contributed by atoms with Crippen molar-refractivity contribution >= 4 is 5.91 Å². The number of hydrogen-bond acceptors (Lipinski definition) is 2. The minimum Gasteiger partial charge on any atom is -0.484 e. The summed E-state index contributed by atoms with van der Waals surface area (Å²) in [6, 6.07) is 17.8. The smallest absolute Gasteiger partial charge is 0.258 e. The summed E-state index contributed by atoms with van der Waals surface area (Å²) in [6.45, 7) is 6.37. The van der Waals surface area contributed by atoms with Gasteiger partial charge in [-0.25, -0.2) is 0 Å². The van der Waals surface area contributed by atoms with Gasteiger partial charge in [0.15, 0.2) is 6.61 Å². The molecule has 0 aliphatic heterocycles. The summed E-state index contributed by atoms with van der Waals surface area (Å²) in [7, 11) is 0. The van der Waals surface area contributed by atoms with Crippen molar-refractivity contribution in [1.82, 2.24) is 5.32 Å². The quantitative estimate of drug-likeness (QED) is 0.829. The molecule has 3 heteroatoms. The molecule has 0 saturated heterocycles. The maximum Gasteiger partial charge on any atom is 0.258 e. The minimum atomic E-state index is -0.0971. The fourth-order valence-corrected chi connectivity index (χ4v) is 2.45. The Morgan fingerprint density at radius 2 is 1.70 bits per heavy atom. The average molecular weight is 311 g/mol. The molecule has 0 heterocycles. The molecule has 122 valence electrons. The molecule has 0 saturated carbocycles. The molecule has 2 rings (SSSR count). The largest absolute Gasteiger partial charge is 0.484 e. The summed E-state index contributed by atoms with van der Waals surface area (Å²) in [6.07, 6.45) is 0.903. The maximum atomic E-state index is 12.2. The Kier molecular flexibility index (Phi) is 6.21. The number of carbonyl (C=O) groups excluding carboxylic acids is 1. The highest BCUT2D eigenvalue weighted by molar-refractivity contribution is 5.78. The van der Waals surface area contributed by atoms with Crippen LogP contribution in [0.1, 0.15) is 37.4 Å². The summed E-state index contributed by atoms with van der Waals surface area (Å²) in [5, 5.41) is 3.08. The highest BCUT2D eigenvalue weighted by Gasteiger charge is 2.16. The molecule has 0 aliphatic carbocycles. The second-order valence-electron chi connectivity index (χ2n) is 6.26. The number of ether oxygens (including phenoxy) is 1. The van der Waals surface area contributed by atoms with E-state index in [4.69, 9.17) is 4.74 Å². The van der Waals surface area contributed by atoms with Gasteiger partial charge in [0, 0.05) is 0 Å². The van der Waals surface area contributed by atoms with E-state index in [1.54, 1.807) is 0 Å². The lowest BCUT2D eigenvalue weighted by Gasteiger charge is -2.21. The van der Waals surface area contributed by atoms with Crippen LogP contribution in [0.5, 0.6) is 5.75 Å². The number of benzene rings is 2. The lowest BCUT2D eigenvalue weighted by Crippen LogP contribution is -2.33. The summed E-state index contributed by atoms with van der Waals surface area (Å²) < 4.78 is 5.55. The van der Waals surface area contributed by atoms with Crippen LogP contribution >= 0.6 is 0 Å². The van der Waals surface area contributed by atoms with Crippen molar-refractivity contribution < 1.29 is 9.53 Å². The highest BCUT2D eigenvalue weighted by Crippen LogP contribution is 2.21. The number of rotatable bonds is 7. The Labute approximate surface area is 138 Å². The van der Waals surface area contributed by atoms with Crippen LogP contribution in [-0.4, -0.2) is 12.5 Å². The molecule has 0 bridgehead atoms. The van der Waals surface area contributed by atoms with Crippen molar-refractivity contribution in [1.29, 1.82) is 0 Å². The molecule has 0 fully saturated rings. The van der Waals surface area contributed by atoms with E-state index in [-0.39, 0.29) is 18.6 Å². The van der Waals surface area contributed by atoms with Crippen LogP contribution < -0.4 is 10.1 Å². The van der Waals surface area contributed by atoms with E-state index in [1.807, 2.05) is 61.5 Å². The monoisotopic (exact) mass is 311 g/mol. The molecule has 1 unspecified atom stereocenters. The molecule has 0 aliphatic rings. The predicted octanol–water partition coefficient (Wildman–Crippen LogP) is 4.28. The lowest BCUT2D eigenvalue weighted by molar-refractivity contribution is -0.124. The number of carbonyl (C=O) groups is 1. The molecule has 1 N–H and O–H groups in total. The molecule has 0 radical (unpaired) electrons. The zero-order chi connectivity index (χ0) is 16.7. The molecular formula is C20H25NO2. The predicted molar refractivity (Wildman–Crippen MR) is 93.5 cm³/mol. The van der Waals surface area contributed by atoms with Gasteiger partial charge in [-0.3, -0.25) is 4.79 Å². The summed E-state index contributed by atoms with van der Waals surface area (Å²) in [5.74, 6) is 1.12. The van der Waals surface area contributed by atoms with Crippen LogP contribution in [0.3, 0.4) is 0 Å². The molecule has 0 aromatic heterocycles. The zero-order valence-electron chi connectivity index (χ0n) is 14.1. The second-order valence-corrected chi connectivity index (χ2v) is 6.26. The van der Waals surface area contributed by atoms with Gasteiger partial charge in [-0.15, -0.1) is 0 Å². The van der Waals surface area contributed by atoms with Gasteiger partial charge < -0.3 is 10.1 Å². The van der Waals surface area contributed by atoms with Gasteiger partial charge in [0.2, 0.25) is 0 Å². The van der Waals surface area contributed by atoms with E-state index < -0.39 is 0 Å². The molecule has 2 aromatic carbocycles. The Morgan fingerprint density at radius 3 is 2.30 bits per heavy atom. The van der Waals surface area contributed by atoms with Crippen molar-refractivity contribution in [2.45, 2.75) is 33.2 Å². The van der Waals surface area contributed by atoms with Crippen LogP contribution in [0, 0.1) is 12.8 Å². The lowest BCUT2D eigenvalue weighted by atomic mass is 9.97. The van der Waals surface area contributed by atoms with E-state index >= 15 is 0 Å². The highest BCUT2D eigenvalue weighted by atomic mass is 16.5. The second kappa shape index (κ2) is 8.37. The Bertz CT molecular complexity index is 605.